The molecule has 1 amide bonds. The van der Waals surface area contributed by atoms with Crippen LogP contribution in [0.1, 0.15) is 25.6 Å². The van der Waals surface area contributed by atoms with Crippen LogP contribution in [0.15, 0.2) is 18.6 Å². The van der Waals surface area contributed by atoms with Crippen LogP contribution >= 0.6 is 0 Å². The highest BCUT2D eigenvalue weighted by Gasteiger charge is 2.28. The van der Waals surface area contributed by atoms with Gasteiger partial charge in [0.2, 0.25) is 0 Å². The molecule has 0 bridgehead atoms. The molecule has 10 nitrogen and oxygen atoms in total. The third-order valence-electron chi connectivity index (χ3n) is 4.21. The summed E-state index contributed by atoms with van der Waals surface area (Å²) >= 11 is 0. The van der Waals surface area contributed by atoms with Crippen LogP contribution in [0.25, 0.3) is 16.8 Å². The van der Waals surface area contributed by atoms with Gasteiger partial charge >= 0.3 is 0 Å². The summed E-state index contributed by atoms with van der Waals surface area (Å²) in [5.41, 5.74) is 0.740. The molecule has 0 radical (unpaired) electrons. The van der Waals surface area contributed by atoms with E-state index in [9.17, 15) is 25.2 Å². The zero-order chi connectivity index (χ0) is 19.0. The molecule has 3 rings (SSSR count). The van der Waals surface area contributed by atoms with Crippen molar-refractivity contribution in [1.29, 1.82) is 0 Å². The average Bonchev–Trinajstić information content (AvgIpc) is 2.94. The molecule has 10 heteroatoms. The molecular weight excluding hydrogens is 344 g/mol. The third-order valence-corrected chi connectivity index (χ3v) is 4.21. The number of nitrogens with one attached hydrogen (secondary N) is 1. The first-order valence-corrected chi connectivity index (χ1v) is 8.03. The lowest BCUT2D eigenvalue weighted by molar-refractivity contribution is -0.140. The molecule has 3 heterocycles. The van der Waals surface area contributed by atoms with Gasteiger partial charge < -0.3 is 35.0 Å². The number of hydrogen-bond acceptors (Lipinski definition) is 8. The van der Waals surface area contributed by atoms with Gasteiger partial charge in [0, 0.05) is 17.8 Å². The Labute approximate surface area is 148 Å². The molecule has 1 unspecified atom stereocenters. The Bertz CT molecular complexity index is 862. The van der Waals surface area contributed by atoms with E-state index in [4.69, 9.17) is 4.74 Å². The number of aromatic nitrogens is 3. The topological polar surface area (TPSA) is 150 Å². The second-order valence-corrected chi connectivity index (χ2v) is 6.08. The Hall–Kier alpha value is -2.53. The molecule has 140 valence electrons. The maximum absolute atomic E-state index is 11.7. The van der Waals surface area contributed by atoms with Crippen molar-refractivity contribution in [2.75, 3.05) is 11.9 Å². The van der Waals surface area contributed by atoms with E-state index < -0.39 is 37.1 Å². The number of ether oxygens (including phenoxy) is 1. The van der Waals surface area contributed by atoms with Gasteiger partial charge in [-0.1, -0.05) is 0 Å². The van der Waals surface area contributed by atoms with Crippen molar-refractivity contribution in [1.82, 2.24) is 14.5 Å². The number of carbonyl (C=O) groups excluding carboxylic acids is 1. The van der Waals surface area contributed by atoms with Gasteiger partial charge in [0.1, 0.15) is 42.0 Å². The molecule has 0 saturated carbocycles. The normalized spacial score (nSPS) is 18.7. The molecule has 0 fully saturated rings. The Kier molecular flexibility index (Phi) is 4.92. The minimum absolute atomic E-state index is 0.241. The first kappa shape index (κ1) is 18.3. The number of aliphatic hydroxyl groups excluding tert-OH is 4. The lowest BCUT2D eigenvalue weighted by Crippen LogP contribution is -2.41. The Morgan fingerprint density at radius 2 is 2.04 bits per heavy atom. The van der Waals surface area contributed by atoms with Crippen LogP contribution in [-0.2, 0) is 9.53 Å². The Morgan fingerprint density at radius 1 is 1.31 bits per heavy atom. The smallest absolute Gasteiger partial charge is 0.253 e. The second kappa shape index (κ2) is 7.00. The Morgan fingerprint density at radius 3 is 2.69 bits per heavy atom. The van der Waals surface area contributed by atoms with Crippen molar-refractivity contribution < 1.29 is 30.0 Å². The molecule has 1 aliphatic heterocycles. The van der Waals surface area contributed by atoms with Crippen LogP contribution in [0.4, 0.5) is 5.82 Å². The van der Waals surface area contributed by atoms with Gasteiger partial charge in [-0.15, -0.1) is 0 Å². The number of aliphatic hydroxyl groups is 4. The first-order chi connectivity index (χ1) is 12.3. The van der Waals surface area contributed by atoms with E-state index >= 15 is 0 Å². The third kappa shape index (κ3) is 3.15. The van der Waals surface area contributed by atoms with E-state index in [1.165, 1.54) is 13.3 Å². The van der Waals surface area contributed by atoms with Crippen molar-refractivity contribution in [2.24, 2.45) is 0 Å². The van der Waals surface area contributed by atoms with Crippen LogP contribution in [0.5, 0.6) is 0 Å². The monoisotopic (exact) mass is 364 g/mol. The molecule has 5 N–H and O–H groups in total. The Balaban J connectivity index is 2.01. The number of rotatable bonds is 6. The fourth-order valence-corrected chi connectivity index (χ4v) is 2.87. The van der Waals surface area contributed by atoms with Gasteiger partial charge in [0.15, 0.2) is 0 Å². The summed E-state index contributed by atoms with van der Waals surface area (Å²) in [6, 6.07) is 0. The van der Waals surface area contributed by atoms with E-state index in [0.29, 0.717) is 16.6 Å². The second-order valence-electron chi connectivity index (χ2n) is 6.08. The summed E-state index contributed by atoms with van der Waals surface area (Å²) in [4.78, 5) is 19.9. The highest BCUT2D eigenvalue weighted by molar-refractivity contribution is 6.12. The van der Waals surface area contributed by atoms with Gasteiger partial charge in [-0.2, -0.15) is 0 Å². The molecule has 26 heavy (non-hydrogen) atoms. The van der Waals surface area contributed by atoms with Gasteiger partial charge in [0.25, 0.3) is 5.91 Å². The van der Waals surface area contributed by atoms with Crippen LogP contribution < -0.4 is 5.32 Å². The molecule has 0 spiro atoms. The average molecular weight is 364 g/mol. The van der Waals surface area contributed by atoms with Crippen molar-refractivity contribution >= 4 is 28.5 Å². The summed E-state index contributed by atoms with van der Waals surface area (Å²) in [6.07, 6.45) is -0.241. The highest BCUT2D eigenvalue weighted by Crippen LogP contribution is 2.34. The van der Waals surface area contributed by atoms with E-state index in [1.807, 2.05) is 0 Å². The van der Waals surface area contributed by atoms with Crippen molar-refractivity contribution in [2.45, 2.75) is 38.4 Å². The quantitative estimate of drug-likeness (QED) is 0.478. The molecule has 0 saturated heterocycles. The van der Waals surface area contributed by atoms with Crippen LogP contribution in [0.3, 0.4) is 0 Å². The van der Waals surface area contributed by atoms with Crippen LogP contribution in [0.2, 0.25) is 0 Å². The van der Waals surface area contributed by atoms with E-state index in [1.54, 1.807) is 17.7 Å². The summed E-state index contributed by atoms with van der Waals surface area (Å²) < 4.78 is 7.25. The number of nitrogens with zero attached hydrogens (tertiary/aromatic N) is 3. The van der Waals surface area contributed by atoms with Crippen molar-refractivity contribution in [3.63, 3.8) is 0 Å². The predicted octanol–water partition coefficient (Wildman–Crippen LogP) is -0.0800. The van der Waals surface area contributed by atoms with Gasteiger partial charge in [-0.25, -0.2) is 9.97 Å². The standard InChI is InChI=1S/C16H20N4O6/c1-7(22)14(25)11(5-21)26-8(2)20-4-9-10(23)3-12(24)19-15-13(9)16(20)18-6-17-15/h3-4,6-8,11,14,21-23,25H,5H2,1-2H3,(H,17,18,19,24)/t7-,8?,11+,14-/m0/s1. The van der Waals surface area contributed by atoms with Crippen LogP contribution in [-0.4, -0.2) is 65.8 Å². The number of hydrogen-bond donors (Lipinski definition) is 5. The van der Waals surface area contributed by atoms with Gasteiger partial charge in [-0.05, 0) is 13.8 Å². The SMILES string of the molecule is CC(O[C@H](CO)[C@@H](O)[C@H](C)O)n1cc2c3c(ncnc31)NC(=O)C=C2O. The molecule has 2 aromatic heterocycles. The van der Waals surface area contributed by atoms with E-state index in [0.717, 1.165) is 6.08 Å². The lowest BCUT2D eigenvalue weighted by atomic mass is 10.1. The number of anilines is 1. The largest absolute Gasteiger partial charge is 0.507 e. The van der Waals surface area contributed by atoms with Gasteiger partial charge in [0.05, 0.1) is 18.1 Å². The van der Waals surface area contributed by atoms with Gasteiger partial charge in [-0.3, -0.25) is 4.79 Å². The maximum Gasteiger partial charge on any atom is 0.253 e. The number of amides is 1. The minimum atomic E-state index is -1.28. The zero-order valence-electron chi connectivity index (χ0n) is 14.2. The molecule has 4 atom stereocenters. The van der Waals surface area contributed by atoms with Crippen LogP contribution in [0, 0.1) is 0 Å². The molecule has 1 aliphatic rings. The van der Waals surface area contributed by atoms with Crippen molar-refractivity contribution in [3.8, 4) is 0 Å². The summed E-state index contributed by atoms with van der Waals surface area (Å²) in [5, 5.41) is 42.1. The molecule has 0 aliphatic carbocycles. The molecule has 0 aromatic carbocycles. The first-order valence-electron chi connectivity index (χ1n) is 8.03. The predicted molar refractivity (Wildman–Crippen MR) is 91.1 cm³/mol. The minimum Gasteiger partial charge on any atom is -0.507 e. The summed E-state index contributed by atoms with van der Waals surface area (Å²) in [7, 11) is 0. The summed E-state index contributed by atoms with van der Waals surface area (Å²) in [6.45, 7) is 2.55. The fourth-order valence-electron chi connectivity index (χ4n) is 2.87. The summed E-state index contributed by atoms with van der Waals surface area (Å²) in [5.74, 6) is -0.492. The highest BCUT2D eigenvalue weighted by atomic mass is 16.5. The fraction of sp³-hybridized carbons (Fsp3) is 0.438. The van der Waals surface area contributed by atoms with E-state index in [2.05, 4.69) is 15.3 Å². The maximum atomic E-state index is 11.7. The zero-order valence-corrected chi connectivity index (χ0v) is 14.2. The lowest BCUT2D eigenvalue weighted by Gasteiger charge is -2.27. The molecular formula is C16H20N4O6. The van der Waals surface area contributed by atoms with Crippen molar-refractivity contribution in [3.05, 3.63) is 24.2 Å². The number of carbonyl (C=O) groups is 1. The van der Waals surface area contributed by atoms with E-state index in [-0.39, 0.29) is 11.6 Å². The molecule has 2 aromatic rings.